The summed E-state index contributed by atoms with van der Waals surface area (Å²) < 4.78 is 32.4. The van der Waals surface area contributed by atoms with Gasteiger partial charge in [-0.05, 0) is 31.4 Å². The van der Waals surface area contributed by atoms with Crippen LogP contribution in [0.25, 0.3) is 0 Å². The van der Waals surface area contributed by atoms with E-state index < -0.39 is 10.0 Å². The lowest BCUT2D eigenvalue weighted by atomic mass is 9.93. The first-order valence-electron chi connectivity index (χ1n) is 6.97. The maximum Gasteiger partial charge on any atom is 0.247 e. The molecule has 1 aromatic rings. The Morgan fingerprint density at radius 1 is 1.43 bits per heavy atom. The standard InChI is InChI=1S/C14H20ClNO4S/c1-20-13-10-11(15)6-7-14(13)21(18,19)16(8-3-9-17)12-4-2-5-12/h6-7,10,12,17H,2-5,8-9H2,1H3. The molecule has 21 heavy (non-hydrogen) atoms. The number of ether oxygens (including phenoxy) is 1. The number of nitrogens with zero attached hydrogens (tertiary/aromatic N) is 1. The summed E-state index contributed by atoms with van der Waals surface area (Å²) in [5.74, 6) is 0.246. The normalized spacial score (nSPS) is 16.0. The fourth-order valence-electron chi connectivity index (χ4n) is 2.38. The first-order chi connectivity index (χ1) is 10.0. The van der Waals surface area contributed by atoms with Gasteiger partial charge >= 0.3 is 0 Å². The Balaban J connectivity index is 2.37. The van der Waals surface area contributed by atoms with Crippen molar-refractivity contribution in [1.82, 2.24) is 4.31 Å². The Morgan fingerprint density at radius 2 is 2.14 bits per heavy atom. The molecule has 1 aromatic carbocycles. The molecule has 1 N–H and O–H groups in total. The molecule has 1 aliphatic rings. The van der Waals surface area contributed by atoms with Gasteiger partial charge in [0.15, 0.2) is 0 Å². The number of aliphatic hydroxyl groups excluding tert-OH is 1. The number of benzene rings is 1. The molecule has 118 valence electrons. The van der Waals surface area contributed by atoms with Crippen LogP contribution in [0.1, 0.15) is 25.7 Å². The number of hydrogen-bond acceptors (Lipinski definition) is 4. The minimum absolute atomic E-state index is 0.0157. The molecule has 5 nitrogen and oxygen atoms in total. The van der Waals surface area contributed by atoms with Crippen molar-refractivity contribution in [2.45, 2.75) is 36.6 Å². The molecule has 2 rings (SSSR count). The number of halogens is 1. The summed E-state index contributed by atoms with van der Waals surface area (Å²) >= 11 is 5.89. The third-order valence-corrected chi connectivity index (χ3v) is 5.96. The Labute approximate surface area is 130 Å². The summed E-state index contributed by atoms with van der Waals surface area (Å²) in [6, 6.07) is 4.53. The van der Waals surface area contributed by atoms with Gasteiger partial charge in [0.1, 0.15) is 10.6 Å². The van der Waals surface area contributed by atoms with Gasteiger partial charge in [0, 0.05) is 30.3 Å². The highest BCUT2D eigenvalue weighted by Crippen LogP contribution is 2.34. The molecular formula is C14H20ClNO4S. The van der Waals surface area contributed by atoms with E-state index in [1.165, 1.54) is 23.5 Å². The first-order valence-corrected chi connectivity index (χ1v) is 8.78. The van der Waals surface area contributed by atoms with E-state index in [2.05, 4.69) is 0 Å². The van der Waals surface area contributed by atoms with Crippen LogP contribution in [0.5, 0.6) is 5.75 Å². The molecule has 0 heterocycles. The van der Waals surface area contributed by atoms with Gasteiger partial charge in [0.05, 0.1) is 7.11 Å². The fraction of sp³-hybridized carbons (Fsp3) is 0.571. The highest BCUT2D eigenvalue weighted by molar-refractivity contribution is 7.89. The summed E-state index contributed by atoms with van der Waals surface area (Å²) in [6.45, 7) is 0.284. The third-order valence-electron chi connectivity index (χ3n) is 3.73. The Hall–Kier alpha value is -0.820. The van der Waals surface area contributed by atoms with Crippen molar-refractivity contribution in [2.24, 2.45) is 0 Å². The molecular weight excluding hydrogens is 314 g/mol. The second-order valence-electron chi connectivity index (χ2n) is 5.07. The molecule has 1 saturated carbocycles. The smallest absolute Gasteiger partial charge is 0.247 e. The minimum atomic E-state index is -3.65. The quantitative estimate of drug-likeness (QED) is 0.831. The monoisotopic (exact) mass is 333 g/mol. The predicted molar refractivity (Wildman–Crippen MR) is 81.2 cm³/mol. The zero-order valence-corrected chi connectivity index (χ0v) is 13.5. The topological polar surface area (TPSA) is 66.8 Å². The van der Waals surface area contributed by atoms with Crippen molar-refractivity contribution in [3.63, 3.8) is 0 Å². The SMILES string of the molecule is COc1cc(Cl)ccc1S(=O)(=O)N(CCCO)C1CCC1. The molecule has 0 saturated heterocycles. The van der Waals surface area contributed by atoms with Crippen molar-refractivity contribution in [2.75, 3.05) is 20.3 Å². The third kappa shape index (κ3) is 3.51. The van der Waals surface area contributed by atoms with E-state index in [-0.39, 0.29) is 23.3 Å². The van der Waals surface area contributed by atoms with Gasteiger partial charge in [-0.2, -0.15) is 4.31 Å². The van der Waals surface area contributed by atoms with Gasteiger partial charge < -0.3 is 9.84 Å². The van der Waals surface area contributed by atoms with E-state index >= 15 is 0 Å². The lowest BCUT2D eigenvalue weighted by molar-refractivity contribution is 0.198. The van der Waals surface area contributed by atoms with Gasteiger partial charge in [0.25, 0.3) is 0 Å². The van der Waals surface area contributed by atoms with E-state index in [1.807, 2.05) is 0 Å². The van der Waals surface area contributed by atoms with E-state index in [0.29, 0.717) is 18.0 Å². The van der Waals surface area contributed by atoms with Crippen LogP contribution in [0.4, 0.5) is 0 Å². The molecule has 7 heteroatoms. The second-order valence-corrected chi connectivity index (χ2v) is 7.37. The van der Waals surface area contributed by atoms with Gasteiger partial charge in [-0.25, -0.2) is 8.42 Å². The van der Waals surface area contributed by atoms with E-state index in [0.717, 1.165) is 19.3 Å². The summed E-state index contributed by atoms with van der Waals surface area (Å²) in [5, 5.41) is 9.42. The van der Waals surface area contributed by atoms with E-state index in [9.17, 15) is 8.42 Å². The Morgan fingerprint density at radius 3 is 2.67 bits per heavy atom. The summed E-state index contributed by atoms with van der Waals surface area (Å²) in [4.78, 5) is 0.124. The minimum Gasteiger partial charge on any atom is -0.495 e. The average Bonchev–Trinajstić information content (AvgIpc) is 2.40. The molecule has 1 fully saturated rings. The zero-order chi connectivity index (χ0) is 15.5. The summed E-state index contributed by atoms with van der Waals surface area (Å²) in [7, 11) is -2.23. The number of aliphatic hydroxyl groups is 1. The van der Waals surface area contributed by atoms with E-state index in [4.69, 9.17) is 21.4 Å². The van der Waals surface area contributed by atoms with Crippen molar-refractivity contribution in [3.05, 3.63) is 23.2 Å². The Bertz CT molecular complexity index is 587. The lowest BCUT2D eigenvalue weighted by Crippen LogP contribution is -2.44. The van der Waals surface area contributed by atoms with Crippen LogP contribution >= 0.6 is 11.6 Å². The molecule has 0 atom stereocenters. The number of rotatable bonds is 7. The maximum absolute atomic E-state index is 12.9. The number of sulfonamides is 1. The van der Waals surface area contributed by atoms with Crippen LogP contribution in [0.2, 0.25) is 5.02 Å². The highest BCUT2D eigenvalue weighted by Gasteiger charge is 2.36. The molecule has 1 aliphatic carbocycles. The molecule has 0 aromatic heterocycles. The lowest BCUT2D eigenvalue weighted by Gasteiger charge is -2.36. The first kappa shape index (κ1) is 16.5. The maximum atomic E-state index is 12.9. The van der Waals surface area contributed by atoms with Crippen LogP contribution in [0.15, 0.2) is 23.1 Å². The Kier molecular flexibility index (Phi) is 5.48. The van der Waals surface area contributed by atoms with Gasteiger partial charge in [-0.1, -0.05) is 18.0 Å². The zero-order valence-electron chi connectivity index (χ0n) is 12.0. The average molecular weight is 334 g/mol. The highest BCUT2D eigenvalue weighted by atomic mass is 35.5. The van der Waals surface area contributed by atoms with Crippen LogP contribution in [0, 0.1) is 0 Å². The largest absolute Gasteiger partial charge is 0.495 e. The van der Waals surface area contributed by atoms with Gasteiger partial charge in [-0.15, -0.1) is 0 Å². The van der Waals surface area contributed by atoms with Gasteiger partial charge in [0.2, 0.25) is 10.0 Å². The number of hydrogen-bond donors (Lipinski definition) is 1. The number of methoxy groups -OCH3 is 1. The second kappa shape index (κ2) is 6.96. The van der Waals surface area contributed by atoms with Crippen molar-refractivity contribution in [1.29, 1.82) is 0 Å². The molecule has 0 aliphatic heterocycles. The van der Waals surface area contributed by atoms with Crippen molar-refractivity contribution in [3.8, 4) is 5.75 Å². The van der Waals surface area contributed by atoms with Crippen LogP contribution in [0.3, 0.4) is 0 Å². The van der Waals surface area contributed by atoms with Gasteiger partial charge in [-0.3, -0.25) is 0 Å². The van der Waals surface area contributed by atoms with Crippen LogP contribution in [-0.2, 0) is 10.0 Å². The molecule has 0 unspecified atom stereocenters. The molecule has 0 spiro atoms. The molecule has 0 radical (unpaired) electrons. The van der Waals surface area contributed by atoms with Crippen molar-refractivity contribution < 1.29 is 18.3 Å². The van der Waals surface area contributed by atoms with Crippen LogP contribution < -0.4 is 4.74 Å². The predicted octanol–water partition coefficient (Wildman–Crippen LogP) is 2.27. The fourth-order valence-corrected chi connectivity index (χ4v) is 4.41. The summed E-state index contributed by atoms with van der Waals surface area (Å²) in [5.41, 5.74) is 0. The summed E-state index contributed by atoms with van der Waals surface area (Å²) in [6.07, 6.45) is 3.18. The molecule has 0 amide bonds. The van der Waals surface area contributed by atoms with E-state index in [1.54, 1.807) is 6.07 Å². The van der Waals surface area contributed by atoms with Crippen molar-refractivity contribution >= 4 is 21.6 Å². The van der Waals surface area contributed by atoms with Crippen LogP contribution in [-0.4, -0.2) is 44.1 Å². The molecule has 0 bridgehead atoms.